The minimum absolute atomic E-state index is 0.0116. The molecule has 0 unspecified atom stereocenters. The molecule has 24 heavy (non-hydrogen) atoms. The Hall–Kier alpha value is -2.36. The molecule has 2 aromatic heterocycles. The van der Waals surface area contributed by atoms with Gasteiger partial charge in [-0.2, -0.15) is 36.4 Å². The summed E-state index contributed by atoms with van der Waals surface area (Å²) in [4.78, 5) is 7.46. The number of hydrogen-bond donors (Lipinski definition) is 0. The van der Waals surface area contributed by atoms with Gasteiger partial charge < -0.3 is 0 Å². The molecule has 0 amide bonds. The molecule has 126 valence electrons. The van der Waals surface area contributed by atoms with E-state index in [9.17, 15) is 26.3 Å². The number of halogens is 7. The van der Waals surface area contributed by atoms with E-state index in [1.165, 1.54) is 12.4 Å². The highest BCUT2D eigenvalue weighted by Gasteiger charge is 2.37. The summed E-state index contributed by atoms with van der Waals surface area (Å²) in [6.07, 6.45) is -7.44. The predicted octanol–water partition coefficient (Wildman–Crippen LogP) is 4.51. The van der Waals surface area contributed by atoms with Crippen molar-refractivity contribution in [1.82, 2.24) is 19.7 Å². The molecule has 2 heterocycles. The third kappa shape index (κ3) is 3.01. The molecule has 0 saturated heterocycles. The van der Waals surface area contributed by atoms with Crippen LogP contribution >= 0.6 is 11.6 Å². The van der Waals surface area contributed by atoms with Crippen LogP contribution in [0.1, 0.15) is 11.1 Å². The lowest BCUT2D eigenvalue weighted by molar-refractivity contribution is -0.143. The van der Waals surface area contributed by atoms with Crippen LogP contribution in [0, 0.1) is 0 Å². The van der Waals surface area contributed by atoms with Gasteiger partial charge in [0.15, 0.2) is 5.65 Å². The summed E-state index contributed by atoms with van der Waals surface area (Å²) >= 11 is 5.62. The van der Waals surface area contributed by atoms with E-state index in [1.807, 2.05) is 0 Å². The minimum atomic E-state index is -4.95. The number of fused-ring (bicyclic) bond motifs is 1. The van der Waals surface area contributed by atoms with Crippen LogP contribution in [0.25, 0.3) is 16.7 Å². The standard InChI is InChI=1S/C13H5ClF6N4/c14-11-21-4-6-5-22-24(10(6)23-11)9-2-7(12(15,16)17)1-8(3-9)13(18,19)20/h1-5H. The van der Waals surface area contributed by atoms with E-state index < -0.39 is 29.2 Å². The Morgan fingerprint density at radius 2 is 1.46 bits per heavy atom. The molecule has 0 bridgehead atoms. The number of rotatable bonds is 1. The second-order valence-corrected chi connectivity index (χ2v) is 5.08. The van der Waals surface area contributed by atoms with Crippen molar-refractivity contribution in [1.29, 1.82) is 0 Å². The first-order valence-corrected chi connectivity index (χ1v) is 6.59. The fraction of sp³-hybridized carbons (Fsp3) is 0.154. The van der Waals surface area contributed by atoms with Crippen molar-refractivity contribution in [3.8, 4) is 5.69 Å². The van der Waals surface area contributed by atoms with Crippen molar-refractivity contribution in [3.63, 3.8) is 0 Å². The van der Waals surface area contributed by atoms with Crippen LogP contribution in [0.5, 0.6) is 0 Å². The Morgan fingerprint density at radius 1 is 0.875 bits per heavy atom. The molecule has 3 aromatic rings. The van der Waals surface area contributed by atoms with Gasteiger partial charge in [0.2, 0.25) is 5.28 Å². The maximum atomic E-state index is 12.9. The van der Waals surface area contributed by atoms with Crippen LogP contribution in [0.15, 0.2) is 30.6 Å². The Kier molecular flexibility index (Phi) is 3.67. The molecule has 0 radical (unpaired) electrons. The summed E-state index contributed by atoms with van der Waals surface area (Å²) in [6.45, 7) is 0. The minimum Gasteiger partial charge on any atom is -0.226 e. The largest absolute Gasteiger partial charge is 0.416 e. The van der Waals surface area contributed by atoms with E-state index in [0.29, 0.717) is 17.5 Å². The average Bonchev–Trinajstić information content (AvgIpc) is 2.88. The number of aromatic nitrogens is 4. The van der Waals surface area contributed by atoms with Crippen molar-refractivity contribution in [2.45, 2.75) is 12.4 Å². The Morgan fingerprint density at radius 3 is 2.00 bits per heavy atom. The summed E-state index contributed by atoms with van der Waals surface area (Å²) in [7, 11) is 0. The lowest BCUT2D eigenvalue weighted by Gasteiger charge is -2.14. The van der Waals surface area contributed by atoms with E-state index in [2.05, 4.69) is 15.1 Å². The molecule has 0 aliphatic heterocycles. The zero-order chi connectivity index (χ0) is 17.7. The fourth-order valence-corrected chi connectivity index (χ4v) is 2.18. The SMILES string of the molecule is FC(F)(F)c1cc(-n2ncc3cnc(Cl)nc32)cc(C(F)(F)F)c1. The van der Waals surface area contributed by atoms with Crippen molar-refractivity contribution in [3.05, 3.63) is 47.0 Å². The van der Waals surface area contributed by atoms with E-state index in [0.717, 1.165) is 4.68 Å². The van der Waals surface area contributed by atoms with Crippen LogP contribution in [0.3, 0.4) is 0 Å². The summed E-state index contributed by atoms with van der Waals surface area (Å²) in [5, 5.41) is 3.87. The van der Waals surface area contributed by atoms with Gasteiger partial charge in [-0.25, -0.2) is 9.67 Å². The molecular weight excluding hydrogens is 362 g/mol. The molecular formula is C13H5ClF6N4. The third-order valence-corrected chi connectivity index (χ3v) is 3.28. The molecule has 0 spiro atoms. The Labute approximate surface area is 134 Å². The quantitative estimate of drug-likeness (QED) is 0.470. The van der Waals surface area contributed by atoms with Gasteiger partial charge in [0.25, 0.3) is 0 Å². The van der Waals surface area contributed by atoms with E-state index in [-0.39, 0.29) is 17.0 Å². The van der Waals surface area contributed by atoms with Gasteiger partial charge in [0, 0.05) is 6.20 Å². The van der Waals surface area contributed by atoms with Crippen molar-refractivity contribution >= 4 is 22.6 Å². The molecule has 4 nitrogen and oxygen atoms in total. The molecule has 0 aliphatic rings. The van der Waals surface area contributed by atoms with Crippen LogP contribution in [-0.4, -0.2) is 19.7 Å². The first-order chi connectivity index (χ1) is 11.1. The van der Waals surface area contributed by atoms with Gasteiger partial charge in [-0.15, -0.1) is 0 Å². The molecule has 0 aliphatic carbocycles. The highest BCUT2D eigenvalue weighted by Crippen LogP contribution is 2.37. The van der Waals surface area contributed by atoms with Crippen LogP contribution < -0.4 is 0 Å². The van der Waals surface area contributed by atoms with Crippen molar-refractivity contribution in [2.24, 2.45) is 0 Å². The molecule has 11 heteroatoms. The number of nitrogens with zero attached hydrogens (tertiary/aromatic N) is 4. The lowest BCUT2D eigenvalue weighted by Crippen LogP contribution is -2.13. The summed E-state index contributed by atoms with van der Waals surface area (Å²) < 4.78 is 78.3. The summed E-state index contributed by atoms with van der Waals surface area (Å²) in [5.74, 6) is 0. The van der Waals surface area contributed by atoms with Gasteiger partial charge in [0.1, 0.15) is 0 Å². The zero-order valence-electron chi connectivity index (χ0n) is 11.3. The lowest BCUT2D eigenvalue weighted by atomic mass is 10.1. The van der Waals surface area contributed by atoms with Gasteiger partial charge in [-0.3, -0.25) is 0 Å². The number of benzene rings is 1. The second kappa shape index (κ2) is 5.33. The first-order valence-electron chi connectivity index (χ1n) is 6.22. The molecule has 0 fully saturated rings. The normalized spacial score (nSPS) is 12.8. The van der Waals surface area contributed by atoms with Gasteiger partial charge in [0.05, 0.1) is 28.4 Å². The number of hydrogen-bond acceptors (Lipinski definition) is 3. The Balaban J connectivity index is 2.28. The van der Waals surface area contributed by atoms with E-state index in [4.69, 9.17) is 11.6 Å². The van der Waals surface area contributed by atoms with Crippen molar-refractivity contribution < 1.29 is 26.3 Å². The van der Waals surface area contributed by atoms with Crippen molar-refractivity contribution in [2.75, 3.05) is 0 Å². The maximum absolute atomic E-state index is 12.9. The first kappa shape index (κ1) is 16.5. The smallest absolute Gasteiger partial charge is 0.226 e. The number of alkyl halides is 6. The molecule has 0 saturated carbocycles. The highest BCUT2D eigenvalue weighted by molar-refractivity contribution is 6.28. The predicted molar refractivity (Wildman–Crippen MR) is 71.7 cm³/mol. The van der Waals surface area contributed by atoms with Crippen LogP contribution in [0.4, 0.5) is 26.3 Å². The van der Waals surface area contributed by atoms with E-state index in [1.54, 1.807) is 0 Å². The second-order valence-electron chi connectivity index (χ2n) is 4.74. The maximum Gasteiger partial charge on any atom is 0.416 e. The fourth-order valence-electron chi connectivity index (χ4n) is 2.05. The van der Waals surface area contributed by atoms with Crippen LogP contribution in [-0.2, 0) is 12.4 Å². The van der Waals surface area contributed by atoms with Crippen LogP contribution in [0.2, 0.25) is 5.28 Å². The van der Waals surface area contributed by atoms with Gasteiger partial charge in [-0.1, -0.05) is 0 Å². The monoisotopic (exact) mass is 366 g/mol. The van der Waals surface area contributed by atoms with E-state index >= 15 is 0 Å². The Bertz CT molecular complexity index is 883. The molecule has 0 atom stereocenters. The molecule has 3 rings (SSSR count). The third-order valence-electron chi connectivity index (χ3n) is 3.10. The average molecular weight is 367 g/mol. The van der Waals surface area contributed by atoms with Gasteiger partial charge >= 0.3 is 12.4 Å². The summed E-state index contributed by atoms with van der Waals surface area (Å²) in [6, 6.07) is 1.15. The molecule has 1 aromatic carbocycles. The zero-order valence-corrected chi connectivity index (χ0v) is 12.1. The molecule has 0 N–H and O–H groups in total. The summed E-state index contributed by atoms with van der Waals surface area (Å²) in [5.41, 5.74) is -3.35. The highest BCUT2D eigenvalue weighted by atomic mass is 35.5. The van der Waals surface area contributed by atoms with Gasteiger partial charge in [-0.05, 0) is 29.8 Å². The topological polar surface area (TPSA) is 43.6 Å².